The second-order valence-corrected chi connectivity index (χ2v) is 9.32. The molecule has 1 N–H and O–H groups in total. The standard InChI is InChI=1S/C20H19ClN4O2S2/c21-14-5-7-15(8-6-14)22-18(27)20-24-23-19(29-20)13-3-1-9-25(12-13)17(26)11-16-4-2-10-28-16/h2,4-8,10,13H,1,3,9,11-12H2,(H,22,27)/t13-/m0/s1. The number of likely N-dealkylation sites (tertiary alicyclic amines) is 1. The maximum atomic E-state index is 12.6. The van der Waals surface area contributed by atoms with Crippen LogP contribution in [0.2, 0.25) is 5.02 Å². The molecule has 2 aromatic heterocycles. The predicted octanol–water partition coefficient (Wildman–Crippen LogP) is 4.45. The van der Waals surface area contributed by atoms with Crippen molar-refractivity contribution in [2.75, 3.05) is 18.4 Å². The number of benzene rings is 1. The number of nitrogens with zero attached hydrogens (tertiary/aromatic N) is 3. The molecule has 6 nitrogen and oxygen atoms in total. The third-order valence-electron chi connectivity index (χ3n) is 4.77. The summed E-state index contributed by atoms with van der Waals surface area (Å²) in [5, 5.41) is 14.8. The van der Waals surface area contributed by atoms with Crippen molar-refractivity contribution in [1.82, 2.24) is 15.1 Å². The van der Waals surface area contributed by atoms with Gasteiger partial charge >= 0.3 is 0 Å². The highest BCUT2D eigenvalue weighted by atomic mass is 35.5. The van der Waals surface area contributed by atoms with Crippen molar-refractivity contribution in [1.29, 1.82) is 0 Å². The molecule has 150 valence electrons. The minimum Gasteiger partial charge on any atom is -0.342 e. The van der Waals surface area contributed by atoms with Gasteiger partial charge in [-0.1, -0.05) is 29.0 Å². The summed E-state index contributed by atoms with van der Waals surface area (Å²) in [7, 11) is 0. The zero-order chi connectivity index (χ0) is 20.2. The fraction of sp³-hybridized carbons (Fsp3) is 0.300. The normalized spacial score (nSPS) is 16.6. The SMILES string of the molecule is O=C(Nc1ccc(Cl)cc1)c1nnc([C@H]2CCCN(C(=O)Cc3cccs3)C2)s1. The lowest BCUT2D eigenvalue weighted by Crippen LogP contribution is -2.39. The number of thiophene rings is 1. The Hall–Kier alpha value is -2.29. The van der Waals surface area contributed by atoms with E-state index in [1.54, 1.807) is 35.6 Å². The van der Waals surface area contributed by atoms with Crippen molar-refractivity contribution in [2.45, 2.75) is 25.2 Å². The first kappa shape index (κ1) is 20.0. The molecule has 1 aliphatic rings. The van der Waals surface area contributed by atoms with Gasteiger partial charge in [0.25, 0.3) is 5.91 Å². The van der Waals surface area contributed by atoms with E-state index in [2.05, 4.69) is 15.5 Å². The molecule has 1 aromatic carbocycles. The highest BCUT2D eigenvalue weighted by molar-refractivity contribution is 7.13. The van der Waals surface area contributed by atoms with Gasteiger partial charge in [0.1, 0.15) is 5.01 Å². The molecule has 1 saturated heterocycles. The number of piperidine rings is 1. The fourth-order valence-electron chi connectivity index (χ4n) is 3.29. The van der Waals surface area contributed by atoms with Gasteiger partial charge in [-0.3, -0.25) is 9.59 Å². The van der Waals surface area contributed by atoms with Crippen LogP contribution in [0, 0.1) is 0 Å². The van der Waals surface area contributed by atoms with Crippen LogP contribution in [0.15, 0.2) is 41.8 Å². The van der Waals surface area contributed by atoms with Crippen LogP contribution in [0.25, 0.3) is 0 Å². The molecule has 1 fully saturated rings. The number of carbonyl (C=O) groups excluding carboxylic acids is 2. The zero-order valence-electron chi connectivity index (χ0n) is 15.5. The molecule has 0 unspecified atom stereocenters. The summed E-state index contributed by atoms with van der Waals surface area (Å²) >= 11 is 8.76. The largest absolute Gasteiger partial charge is 0.342 e. The summed E-state index contributed by atoms with van der Waals surface area (Å²) in [6.45, 7) is 1.39. The molecule has 3 aromatic rings. The molecule has 0 saturated carbocycles. The van der Waals surface area contributed by atoms with Gasteiger partial charge in [-0.25, -0.2) is 0 Å². The number of nitrogens with one attached hydrogen (secondary N) is 1. The molecular formula is C20H19ClN4O2S2. The average molecular weight is 447 g/mol. The molecule has 1 atom stereocenters. The Morgan fingerprint density at radius 3 is 2.79 bits per heavy atom. The highest BCUT2D eigenvalue weighted by Gasteiger charge is 2.28. The third kappa shape index (κ3) is 5.01. The first-order chi connectivity index (χ1) is 14.1. The number of rotatable bonds is 5. The smallest absolute Gasteiger partial charge is 0.286 e. The molecule has 0 aliphatic carbocycles. The Morgan fingerprint density at radius 1 is 1.21 bits per heavy atom. The van der Waals surface area contributed by atoms with E-state index in [9.17, 15) is 9.59 Å². The van der Waals surface area contributed by atoms with Gasteiger partial charge in [-0.15, -0.1) is 21.5 Å². The third-order valence-corrected chi connectivity index (χ3v) is 6.98. The molecule has 0 spiro atoms. The Balaban J connectivity index is 1.38. The van der Waals surface area contributed by atoms with Crippen molar-refractivity contribution in [3.8, 4) is 0 Å². The monoisotopic (exact) mass is 446 g/mol. The first-order valence-corrected chi connectivity index (χ1v) is 11.4. The predicted molar refractivity (Wildman–Crippen MR) is 116 cm³/mol. The van der Waals surface area contributed by atoms with Crippen LogP contribution in [0.3, 0.4) is 0 Å². The maximum Gasteiger partial charge on any atom is 0.286 e. The average Bonchev–Trinajstić information content (AvgIpc) is 3.42. The van der Waals surface area contributed by atoms with Gasteiger partial charge in [0.2, 0.25) is 10.9 Å². The van der Waals surface area contributed by atoms with Gasteiger partial charge in [-0.2, -0.15) is 0 Å². The van der Waals surface area contributed by atoms with Crippen molar-refractivity contribution < 1.29 is 9.59 Å². The summed E-state index contributed by atoms with van der Waals surface area (Å²) in [6, 6.07) is 10.9. The minimum atomic E-state index is -0.294. The Bertz CT molecular complexity index is 988. The number of anilines is 1. The van der Waals surface area contributed by atoms with Crippen LogP contribution in [0.4, 0.5) is 5.69 Å². The topological polar surface area (TPSA) is 75.2 Å². The lowest BCUT2D eigenvalue weighted by molar-refractivity contribution is -0.131. The Kier molecular flexibility index (Phi) is 6.22. The van der Waals surface area contributed by atoms with Crippen molar-refractivity contribution in [3.05, 3.63) is 61.7 Å². The fourth-order valence-corrected chi connectivity index (χ4v) is 4.97. The molecule has 0 bridgehead atoms. The molecule has 1 aliphatic heterocycles. The highest BCUT2D eigenvalue weighted by Crippen LogP contribution is 2.30. The first-order valence-electron chi connectivity index (χ1n) is 9.29. The van der Waals surface area contributed by atoms with Crippen LogP contribution in [-0.4, -0.2) is 40.0 Å². The number of halogens is 1. The zero-order valence-corrected chi connectivity index (χ0v) is 17.9. The van der Waals surface area contributed by atoms with E-state index in [4.69, 9.17) is 11.6 Å². The molecule has 29 heavy (non-hydrogen) atoms. The molecule has 0 radical (unpaired) electrons. The Labute approximate surface area is 181 Å². The van der Waals surface area contributed by atoms with Crippen LogP contribution < -0.4 is 5.32 Å². The number of amides is 2. The van der Waals surface area contributed by atoms with Crippen molar-refractivity contribution >= 4 is 51.8 Å². The summed E-state index contributed by atoms with van der Waals surface area (Å²) < 4.78 is 0. The summed E-state index contributed by atoms with van der Waals surface area (Å²) in [6.07, 6.45) is 2.30. The van der Waals surface area contributed by atoms with E-state index in [1.807, 2.05) is 22.4 Å². The van der Waals surface area contributed by atoms with Crippen molar-refractivity contribution in [2.24, 2.45) is 0 Å². The molecule has 3 heterocycles. The molecule has 9 heteroatoms. The number of carbonyl (C=O) groups is 2. The van der Waals surface area contributed by atoms with E-state index in [1.165, 1.54) is 11.3 Å². The number of aromatic nitrogens is 2. The van der Waals surface area contributed by atoms with Gasteiger partial charge < -0.3 is 10.2 Å². The lowest BCUT2D eigenvalue weighted by atomic mass is 9.98. The van der Waals surface area contributed by atoms with Crippen LogP contribution >= 0.6 is 34.3 Å². The van der Waals surface area contributed by atoms with Gasteiger partial charge in [0, 0.05) is 34.6 Å². The second-order valence-electron chi connectivity index (χ2n) is 6.84. The van der Waals surface area contributed by atoms with E-state index in [0.717, 1.165) is 29.3 Å². The minimum absolute atomic E-state index is 0.116. The molecule has 2 amide bonds. The molecular weight excluding hydrogens is 428 g/mol. The summed E-state index contributed by atoms with van der Waals surface area (Å²) in [5.74, 6) is -0.0366. The van der Waals surface area contributed by atoms with E-state index >= 15 is 0 Å². The summed E-state index contributed by atoms with van der Waals surface area (Å²) in [5.41, 5.74) is 0.652. The van der Waals surface area contributed by atoms with Gasteiger partial charge in [-0.05, 0) is 48.6 Å². The van der Waals surface area contributed by atoms with Crippen molar-refractivity contribution in [3.63, 3.8) is 0 Å². The summed E-state index contributed by atoms with van der Waals surface area (Å²) in [4.78, 5) is 28.0. The van der Waals surface area contributed by atoms with Crippen LogP contribution in [0.5, 0.6) is 0 Å². The Morgan fingerprint density at radius 2 is 2.03 bits per heavy atom. The maximum absolute atomic E-state index is 12.6. The van der Waals surface area contributed by atoms with Crippen LogP contribution in [0.1, 0.15) is 38.4 Å². The molecule has 4 rings (SSSR count). The van der Waals surface area contributed by atoms with E-state index < -0.39 is 0 Å². The van der Waals surface area contributed by atoms with Crippen LogP contribution in [-0.2, 0) is 11.2 Å². The number of hydrogen-bond donors (Lipinski definition) is 1. The van der Waals surface area contributed by atoms with E-state index in [-0.39, 0.29) is 17.7 Å². The van der Waals surface area contributed by atoms with E-state index in [0.29, 0.717) is 28.7 Å². The lowest BCUT2D eigenvalue weighted by Gasteiger charge is -2.31. The van der Waals surface area contributed by atoms with Gasteiger partial charge in [0.05, 0.1) is 6.42 Å². The number of hydrogen-bond acceptors (Lipinski definition) is 6. The van der Waals surface area contributed by atoms with Gasteiger partial charge in [0.15, 0.2) is 0 Å². The second kappa shape index (κ2) is 9.02. The quantitative estimate of drug-likeness (QED) is 0.628.